The first-order chi connectivity index (χ1) is 11.6. The summed E-state index contributed by atoms with van der Waals surface area (Å²) in [7, 11) is 1.81. The number of aromatic nitrogens is 3. The van der Waals surface area contributed by atoms with Gasteiger partial charge < -0.3 is 9.47 Å². The number of imidazole rings is 1. The van der Waals surface area contributed by atoms with E-state index in [4.69, 9.17) is 0 Å². The average Bonchev–Trinajstić information content (AvgIpc) is 3.06. The number of amides is 1. The number of Topliss-reactive ketones (excluding diaryl/α,β-unsaturated/α-hetero) is 1. The number of thioether (sulfide) groups is 1. The molecule has 1 aliphatic rings. The van der Waals surface area contributed by atoms with E-state index in [1.165, 1.54) is 11.8 Å². The molecule has 126 valence electrons. The van der Waals surface area contributed by atoms with Gasteiger partial charge in [-0.25, -0.2) is 9.97 Å². The summed E-state index contributed by atoms with van der Waals surface area (Å²) in [5.74, 6) is 0.738. The number of pyridine rings is 1. The third-order valence-electron chi connectivity index (χ3n) is 4.17. The van der Waals surface area contributed by atoms with Crippen LogP contribution < -0.4 is 0 Å². The van der Waals surface area contributed by atoms with Crippen molar-refractivity contribution in [1.82, 2.24) is 19.4 Å². The fourth-order valence-corrected chi connectivity index (χ4v) is 3.63. The predicted octanol–water partition coefficient (Wildman–Crippen LogP) is 2.03. The van der Waals surface area contributed by atoms with E-state index in [9.17, 15) is 9.59 Å². The minimum absolute atomic E-state index is 0.0254. The van der Waals surface area contributed by atoms with Gasteiger partial charge in [0, 0.05) is 44.6 Å². The van der Waals surface area contributed by atoms with Crippen molar-refractivity contribution in [2.24, 2.45) is 13.0 Å². The summed E-state index contributed by atoms with van der Waals surface area (Å²) < 4.78 is 1.74. The molecule has 1 amide bonds. The Morgan fingerprint density at radius 3 is 2.88 bits per heavy atom. The van der Waals surface area contributed by atoms with Gasteiger partial charge in [-0.2, -0.15) is 0 Å². The van der Waals surface area contributed by atoms with Crippen LogP contribution in [-0.2, 0) is 11.8 Å². The van der Waals surface area contributed by atoms with Crippen molar-refractivity contribution in [3.63, 3.8) is 0 Å². The molecule has 0 aromatic carbocycles. The standard InChI is InChI=1S/C17H20N4O2S/c1-20-10-8-19-17(20)16(23)13-5-4-9-21(11-13)15(22)12-24-14-6-2-3-7-18-14/h2-3,6-8,10,13H,4-5,9,11-12H2,1H3/t13-/m0/s1. The number of carbonyl (C=O) groups is 2. The maximum atomic E-state index is 12.6. The van der Waals surface area contributed by atoms with Crippen LogP contribution in [0, 0.1) is 5.92 Å². The summed E-state index contributed by atoms with van der Waals surface area (Å²) >= 11 is 1.43. The molecule has 0 unspecified atom stereocenters. The maximum absolute atomic E-state index is 12.6. The largest absolute Gasteiger partial charge is 0.341 e. The second-order valence-corrected chi connectivity index (χ2v) is 6.86. The van der Waals surface area contributed by atoms with Gasteiger partial charge in [0.2, 0.25) is 11.7 Å². The lowest BCUT2D eigenvalue weighted by molar-refractivity contribution is -0.129. The number of piperidine rings is 1. The van der Waals surface area contributed by atoms with Crippen LogP contribution in [0.15, 0.2) is 41.8 Å². The van der Waals surface area contributed by atoms with E-state index in [1.54, 1.807) is 28.1 Å². The molecule has 7 heteroatoms. The number of ketones is 1. The molecule has 1 fully saturated rings. The van der Waals surface area contributed by atoms with Crippen LogP contribution in [0.4, 0.5) is 0 Å². The fraction of sp³-hybridized carbons (Fsp3) is 0.412. The van der Waals surface area contributed by atoms with Gasteiger partial charge in [0.05, 0.1) is 10.8 Å². The molecule has 0 bridgehead atoms. The van der Waals surface area contributed by atoms with E-state index in [0.29, 0.717) is 24.7 Å². The Hall–Kier alpha value is -2.15. The predicted molar refractivity (Wildman–Crippen MR) is 91.8 cm³/mol. The zero-order valence-corrected chi connectivity index (χ0v) is 14.4. The molecule has 0 aliphatic carbocycles. The Kier molecular flexibility index (Phi) is 5.30. The first-order valence-corrected chi connectivity index (χ1v) is 8.97. The Morgan fingerprint density at radius 2 is 2.17 bits per heavy atom. The lowest BCUT2D eigenvalue weighted by Crippen LogP contribution is -2.43. The summed E-state index contributed by atoms with van der Waals surface area (Å²) in [5, 5.41) is 0.837. The highest BCUT2D eigenvalue weighted by molar-refractivity contribution is 7.99. The van der Waals surface area contributed by atoms with Crippen LogP contribution in [-0.4, -0.2) is 50.0 Å². The van der Waals surface area contributed by atoms with E-state index in [1.807, 2.05) is 25.2 Å². The molecule has 0 spiro atoms. The lowest BCUT2D eigenvalue weighted by Gasteiger charge is -2.31. The van der Waals surface area contributed by atoms with Crippen molar-refractivity contribution in [2.75, 3.05) is 18.8 Å². The Labute approximate surface area is 145 Å². The zero-order valence-electron chi connectivity index (χ0n) is 13.6. The van der Waals surface area contributed by atoms with Gasteiger partial charge in [-0.3, -0.25) is 9.59 Å². The molecule has 0 N–H and O–H groups in total. The van der Waals surface area contributed by atoms with E-state index >= 15 is 0 Å². The van der Waals surface area contributed by atoms with Crippen molar-refractivity contribution in [3.05, 3.63) is 42.6 Å². The molecule has 2 aromatic heterocycles. The van der Waals surface area contributed by atoms with Crippen molar-refractivity contribution in [3.8, 4) is 0 Å². The molecule has 1 atom stereocenters. The van der Waals surface area contributed by atoms with Gasteiger partial charge >= 0.3 is 0 Å². The van der Waals surface area contributed by atoms with Gasteiger partial charge in [0.1, 0.15) is 0 Å². The Bertz CT molecular complexity index is 716. The van der Waals surface area contributed by atoms with Crippen molar-refractivity contribution in [1.29, 1.82) is 0 Å². The van der Waals surface area contributed by atoms with E-state index in [-0.39, 0.29) is 17.6 Å². The minimum atomic E-state index is -0.163. The summed E-state index contributed by atoms with van der Waals surface area (Å²) in [6.45, 7) is 1.19. The molecular formula is C17H20N4O2S. The molecule has 0 saturated carbocycles. The molecule has 6 nitrogen and oxygen atoms in total. The highest BCUT2D eigenvalue weighted by Gasteiger charge is 2.30. The number of likely N-dealkylation sites (tertiary alicyclic amines) is 1. The van der Waals surface area contributed by atoms with E-state index < -0.39 is 0 Å². The Balaban J connectivity index is 1.58. The molecule has 1 saturated heterocycles. The third-order valence-corrected chi connectivity index (χ3v) is 5.10. The molecule has 0 radical (unpaired) electrons. The van der Waals surface area contributed by atoms with Gasteiger partial charge in [-0.1, -0.05) is 17.8 Å². The van der Waals surface area contributed by atoms with Crippen LogP contribution in [0.25, 0.3) is 0 Å². The fourth-order valence-electron chi connectivity index (χ4n) is 2.86. The van der Waals surface area contributed by atoms with Crippen LogP contribution >= 0.6 is 11.8 Å². The SMILES string of the molecule is Cn1ccnc1C(=O)[C@H]1CCCN(C(=O)CSc2ccccn2)C1. The van der Waals surface area contributed by atoms with E-state index in [2.05, 4.69) is 9.97 Å². The topological polar surface area (TPSA) is 68.1 Å². The normalized spacial score (nSPS) is 17.7. The summed E-state index contributed by atoms with van der Waals surface area (Å²) in [6.07, 6.45) is 6.77. The first-order valence-electron chi connectivity index (χ1n) is 7.98. The number of hydrogen-bond acceptors (Lipinski definition) is 5. The smallest absolute Gasteiger partial charge is 0.233 e. The van der Waals surface area contributed by atoms with Crippen molar-refractivity contribution in [2.45, 2.75) is 17.9 Å². The number of nitrogens with zero attached hydrogens (tertiary/aromatic N) is 4. The maximum Gasteiger partial charge on any atom is 0.233 e. The van der Waals surface area contributed by atoms with Crippen LogP contribution in [0.2, 0.25) is 0 Å². The molecule has 1 aliphatic heterocycles. The summed E-state index contributed by atoms with van der Waals surface area (Å²) in [4.78, 5) is 35.2. The summed E-state index contributed by atoms with van der Waals surface area (Å²) in [5.41, 5.74) is 0. The van der Waals surface area contributed by atoms with Crippen LogP contribution in [0.1, 0.15) is 23.5 Å². The number of hydrogen-bond donors (Lipinski definition) is 0. The van der Waals surface area contributed by atoms with E-state index in [0.717, 1.165) is 17.9 Å². The van der Waals surface area contributed by atoms with Gasteiger partial charge in [-0.15, -0.1) is 0 Å². The molecule has 2 aromatic rings. The number of rotatable bonds is 5. The first kappa shape index (κ1) is 16.7. The molecule has 3 heterocycles. The zero-order chi connectivity index (χ0) is 16.9. The minimum Gasteiger partial charge on any atom is -0.341 e. The Morgan fingerprint density at radius 1 is 1.29 bits per heavy atom. The monoisotopic (exact) mass is 344 g/mol. The number of carbonyl (C=O) groups excluding carboxylic acids is 2. The van der Waals surface area contributed by atoms with Crippen LogP contribution in [0.5, 0.6) is 0 Å². The number of aryl methyl sites for hydroxylation is 1. The van der Waals surface area contributed by atoms with Crippen molar-refractivity contribution < 1.29 is 9.59 Å². The quantitative estimate of drug-likeness (QED) is 0.613. The lowest BCUT2D eigenvalue weighted by atomic mass is 9.93. The van der Waals surface area contributed by atoms with Crippen LogP contribution in [0.3, 0.4) is 0 Å². The highest BCUT2D eigenvalue weighted by Crippen LogP contribution is 2.22. The third kappa shape index (κ3) is 3.84. The van der Waals surface area contributed by atoms with Gasteiger partial charge in [0.25, 0.3) is 0 Å². The van der Waals surface area contributed by atoms with Gasteiger partial charge in [0.15, 0.2) is 5.82 Å². The van der Waals surface area contributed by atoms with Gasteiger partial charge in [-0.05, 0) is 25.0 Å². The van der Waals surface area contributed by atoms with Crippen molar-refractivity contribution >= 4 is 23.5 Å². The highest BCUT2D eigenvalue weighted by atomic mass is 32.2. The molecule has 3 rings (SSSR count). The second-order valence-electron chi connectivity index (χ2n) is 5.86. The molecular weight excluding hydrogens is 324 g/mol. The average molecular weight is 344 g/mol. The summed E-state index contributed by atoms with van der Waals surface area (Å²) in [6, 6.07) is 5.65. The second kappa shape index (κ2) is 7.61. The molecule has 24 heavy (non-hydrogen) atoms.